The van der Waals surface area contributed by atoms with Crippen LogP contribution in [0.5, 0.6) is 5.75 Å². The van der Waals surface area contributed by atoms with Crippen LogP contribution in [0.15, 0.2) is 46.0 Å². The highest BCUT2D eigenvalue weighted by Crippen LogP contribution is 2.40. The van der Waals surface area contributed by atoms with Crippen molar-refractivity contribution in [1.29, 1.82) is 0 Å². The number of rotatable bonds is 6. The fourth-order valence-corrected chi connectivity index (χ4v) is 4.89. The minimum absolute atomic E-state index is 0.119. The van der Waals surface area contributed by atoms with Crippen molar-refractivity contribution in [3.05, 3.63) is 68.9 Å². The van der Waals surface area contributed by atoms with Crippen molar-refractivity contribution < 1.29 is 13.9 Å². The first kappa shape index (κ1) is 19.7. The van der Waals surface area contributed by atoms with Gasteiger partial charge in [0.2, 0.25) is 0 Å². The summed E-state index contributed by atoms with van der Waals surface area (Å²) in [5.74, 6) is 1.28. The molecule has 5 nitrogen and oxygen atoms in total. The zero-order valence-corrected chi connectivity index (χ0v) is 17.6. The number of thiophene rings is 1. The number of hydrogen-bond acceptors (Lipinski definition) is 5. The lowest BCUT2D eigenvalue weighted by Crippen LogP contribution is -2.23. The molecule has 0 fully saturated rings. The van der Waals surface area contributed by atoms with Crippen molar-refractivity contribution in [2.75, 3.05) is 7.11 Å². The molecule has 3 aromatic rings. The quantitative estimate of drug-likeness (QED) is 0.522. The van der Waals surface area contributed by atoms with Gasteiger partial charge < -0.3 is 14.5 Å². The Morgan fingerprint density at radius 3 is 3.00 bits per heavy atom. The Labute approximate surface area is 178 Å². The van der Waals surface area contributed by atoms with Gasteiger partial charge in [0.05, 0.1) is 25.5 Å². The first-order valence-electron chi connectivity index (χ1n) is 9.48. The lowest BCUT2D eigenvalue weighted by atomic mass is 9.95. The van der Waals surface area contributed by atoms with Gasteiger partial charge in [-0.05, 0) is 61.6 Å². The number of halogens is 1. The van der Waals surface area contributed by atoms with E-state index in [1.54, 1.807) is 49.1 Å². The summed E-state index contributed by atoms with van der Waals surface area (Å²) in [5.41, 5.74) is 2.57. The van der Waals surface area contributed by atoms with Gasteiger partial charge in [-0.3, -0.25) is 4.79 Å². The van der Waals surface area contributed by atoms with Gasteiger partial charge in [0.15, 0.2) is 0 Å². The van der Waals surface area contributed by atoms with Crippen LogP contribution < -0.4 is 10.1 Å². The standard InChI is InChI=1S/C22H21ClN2O3S/c1-27-18-9-8-15(23)11-14(18)12-25-22-20(17-6-2-3-7-19(17)29-22)21(26)24-13-16-5-4-10-28-16/h4-5,8-12H,2-3,6-7,13H2,1H3,(H,24,26). The van der Waals surface area contributed by atoms with Crippen molar-refractivity contribution >= 4 is 40.1 Å². The lowest BCUT2D eigenvalue weighted by molar-refractivity contribution is 0.0948. The maximum absolute atomic E-state index is 13.0. The second-order valence-electron chi connectivity index (χ2n) is 6.80. The second kappa shape index (κ2) is 8.84. The number of hydrogen-bond donors (Lipinski definition) is 1. The summed E-state index contributed by atoms with van der Waals surface area (Å²) in [5, 5.41) is 4.29. The van der Waals surface area contributed by atoms with Crippen molar-refractivity contribution in [1.82, 2.24) is 5.32 Å². The molecular formula is C22H21ClN2O3S. The fraction of sp³-hybridized carbons (Fsp3) is 0.273. The first-order chi connectivity index (χ1) is 14.2. The van der Waals surface area contributed by atoms with Crippen LogP contribution in [-0.2, 0) is 19.4 Å². The van der Waals surface area contributed by atoms with E-state index < -0.39 is 0 Å². The zero-order chi connectivity index (χ0) is 20.2. The van der Waals surface area contributed by atoms with E-state index in [0.717, 1.165) is 47.6 Å². The maximum Gasteiger partial charge on any atom is 0.255 e. The summed E-state index contributed by atoms with van der Waals surface area (Å²) >= 11 is 7.72. The minimum Gasteiger partial charge on any atom is -0.496 e. The fourth-order valence-electron chi connectivity index (χ4n) is 3.48. The predicted octanol–water partition coefficient (Wildman–Crippen LogP) is 5.56. The number of aliphatic imine (C=N–C) groups is 1. The number of nitrogens with one attached hydrogen (secondary N) is 1. The molecule has 1 N–H and O–H groups in total. The highest BCUT2D eigenvalue weighted by Gasteiger charge is 2.25. The number of furan rings is 1. The molecule has 7 heteroatoms. The van der Waals surface area contributed by atoms with E-state index in [-0.39, 0.29) is 5.91 Å². The average Bonchev–Trinajstić information content (AvgIpc) is 3.38. The van der Waals surface area contributed by atoms with Crippen LogP contribution in [0.3, 0.4) is 0 Å². The number of carbonyl (C=O) groups excluding carboxylic acids is 1. The third-order valence-corrected chi connectivity index (χ3v) is 6.33. The number of fused-ring (bicyclic) bond motifs is 1. The number of benzene rings is 1. The summed E-state index contributed by atoms with van der Waals surface area (Å²) in [6.45, 7) is 0.349. The Balaban J connectivity index is 1.65. The van der Waals surface area contributed by atoms with Crippen molar-refractivity contribution in [3.63, 3.8) is 0 Å². The van der Waals surface area contributed by atoms with Crippen molar-refractivity contribution in [2.45, 2.75) is 32.2 Å². The molecule has 0 unspecified atom stereocenters. The third-order valence-electron chi connectivity index (χ3n) is 4.90. The molecule has 0 atom stereocenters. The maximum atomic E-state index is 13.0. The second-order valence-corrected chi connectivity index (χ2v) is 8.32. The monoisotopic (exact) mass is 428 g/mol. The summed E-state index contributed by atoms with van der Waals surface area (Å²) in [7, 11) is 1.61. The van der Waals surface area contributed by atoms with E-state index in [4.69, 9.17) is 20.8 Å². The number of aryl methyl sites for hydroxylation is 1. The molecule has 2 aromatic heterocycles. The highest BCUT2D eigenvalue weighted by molar-refractivity contribution is 7.16. The van der Waals surface area contributed by atoms with E-state index in [2.05, 4.69) is 10.3 Å². The highest BCUT2D eigenvalue weighted by atomic mass is 35.5. The topological polar surface area (TPSA) is 63.8 Å². The van der Waals surface area contributed by atoms with Gasteiger partial charge in [0.1, 0.15) is 16.5 Å². The molecule has 0 saturated carbocycles. The van der Waals surface area contributed by atoms with Crippen LogP contribution in [0.4, 0.5) is 5.00 Å². The predicted molar refractivity (Wildman–Crippen MR) is 116 cm³/mol. The molecule has 1 amide bonds. The number of nitrogens with zero attached hydrogens (tertiary/aromatic N) is 1. The van der Waals surface area contributed by atoms with E-state index in [9.17, 15) is 4.79 Å². The van der Waals surface area contributed by atoms with Crippen LogP contribution >= 0.6 is 22.9 Å². The van der Waals surface area contributed by atoms with Gasteiger partial charge in [-0.2, -0.15) is 0 Å². The largest absolute Gasteiger partial charge is 0.496 e. The molecule has 0 aliphatic heterocycles. The lowest BCUT2D eigenvalue weighted by Gasteiger charge is -2.12. The summed E-state index contributed by atoms with van der Waals surface area (Å²) in [6, 6.07) is 9.03. The Morgan fingerprint density at radius 2 is 2.21 bits per heavy atom. The summed E-state index contributed by atoms with van der Waals surface area (Å²) < 4.78 is 10.7. The van der Waals surface area contributed by atoms with Gasteiger partial charge in [-0.1, -0.05) is 11.6 Å². The summed E-state index contributed by atoms with van der Waals surface area (Å²) in [4.78, 5) is 18.9. The molecule has 29 heavy (non-hydrogen) atoms. The SMILES string of the molecule is COc1ccc(Cl)cc1C=Nc1sc2c(c1C(=O)NCc1ccco1)CCCC2. The Kier molecular flexibility index (Phi) is 6.02. The van der Waals surface area contributed by atoms with E-state index in [1.807, 2.05) is 12.1 Å². The molecule has 2 heterocycles. The van der Waals surface area contributed by atoms with Gasteiger partial charge in [-0.25, -0.2) is 4.99 Å². The smallest absolute Gasteiger partial charge is 0.255 e. The first-order valence-corrected chi connectivity index (χ1v) is 10.7. The average molecular weight is 429 g/mol. The molecule has 0 spiro atoms. The molecule has 1 aliphatic rings. The van der Waals surface area contributed by atoms with Crippen molar-refractivity contribution in [2.24, 2.45) is 4.99 Å². The van der Waals surface area contributed by atoms with Crippen LogP contribution in [-0.4, -0.2) is 19.2 Å². The van der Waals surface area contributed by atoms with Crippen LogP contribution in [0.2, 0.25) is 5.02 Å². The van der Waals surface area contributed by atoms with E-state index in [1.165, 1.54) is 4.88 Å². The Morgan fingerprint density at radius 1 is 1.34 bits per heavy atom. The normalized spacial score (nSPS) is 13.4. The number of amides is 1. The molecule has 0 bridgehead atoms. The molecule has 1 aromatic carbocycles. The molecule has 4 rings (SSSR count). The van der Waals surface area contributed by atoms with Crippen LogP contribution in [0.1, 0.15) is 45.0 Å². The van der Waals surface area contributed by atoms with Gasteiger partial charge in [-0.15, -0.1) is 11.3 Å². The zero-order valence-electron chi connectivity index (χ0n) is 16.0. The molecule has 1 aliphatic carbocycles. The molecule has 0 saturated heterocycles. The summed E-state index contributed by atoms with van der Waals surface area (Å²) in [6.07, 6.45) is 7.45. The van der Waals surface area contributed by atoms with Crippen LogP contribution in [0.25, 0.3) is 0 Å². The van der Waals surface area contributed by atoms with Gasteiger partial charge >= 0.3 is 0 Å². The molecular weight excluding hydrogens is 408 g/mol. The Hall–Kier alpha value is -2.57. The van der Waals surface area contributed by atoms with E-state index in [0.29, 0.717) is 22.9 Å². The minimum atomic E-state index is -0.119. The van der Waals surface area contributed by atoms with Crippen LogP contribution in [0, 0.1) is 0 Å². The van der Waals surface area contributed by atoms with Crippen molar-refractivity contribution in [3.8, 4) is 5.75 Å². The number of methoxy groups -OCH3 is 1. The third kappa shape index (κ3) is 4.38. The van der Waals surface area contributed by atoms with Gasteiger partial charge in [0.25, 0.3) is 5.91 Å². The molecule has 0 radical (unpaired) electrons. The van der Waals surface area contributed by atoms with Gasteiger partial charge in [0, 0.05) is 21.7 Å². The number of ether oxygens (including phenoxy) is 1. The Bertz CT molecular complexity index is 1040. The molecule has 150 valence electrons. The number of carbonyl (C=O) groups is 1. The van der Waals surface area contributed by atoms with E-state index >= 15 is 0 Å².